The summed E-state index contributed by atoms with van der Waals surface area (Å²) in [5.41, 5.74) is 0. The number of hydrogen-bond acceptors (Lipinski definition) is 5. The van der Waals surface area contributed by atoms with Crippen LogP contribution in [0.2, 0.25) is 0 Å². The van der Waals surface area contributed by atoms with Crippen LogP contribution < -0.4 is 0 Å². The maximum absolute atomic E-state index is 11.3. The van der Waals surface area contributed by atoms with Gasteiger partial charge in [-0.3, -0.25) is 14.4 Å². The highest BCUT2D eigenvalue weighted by atomic mass is 16.7. The van der Waals surface area contributed by atoms with Crippen molar-refractivity contribution in [2.24, 2.45) is 0 Å². The molecule has 1 amide bonds. The second-order valence-corrected chi connectivity index (χ2v) is 2.83. The van der Waals surface area contributed by atoms with Gasteiger partial charge >= 0.3 is 11.9 Å². The highest BCUT2D eigenvalue weighted by molar-refractivity contribution is 5.84. The number of aliphatic hydroxyl groups excluding tert-OH is 1. The summed E-state index contributed by atoms with van der Waals surface area (Å²) in [5, 5.41) is 26.2. The van der Waals surface area contributed by atoms with Crippen molar-refractivity contribution in [1.29, 1.82) is 0 Å². The van der Waals surface area contributed by atoms with Gasteiger partial charge in [-0.25, -0.2) is 9.86 Å². The molecule has 0 aromatic rings. The van der Waals surface area contributed by atoms with E-state index in [-0.39, 0.29) is 0 Å². The van der Waals surface area contributed by atoms with E-state index in [1.807, 2.05) is 0 Å². The second-order valence-electron chi connectivity index (χ2n) is 2.83. The molecule has 0 aromatic carbocycles. The molecule has 0 unspecified atom stereocenters. The van der Waals surface area contributed by atoms with E-state index < -0.39 is 43.3 Å². The predicted octanol–water partition coefficient (Wildman–Crippen LogP) is -1.31. The smallest absolute Gasteiger partial charge is 0.331 e. The molecule has 0 radical (unpaired) electrons. The molecule has 8 heteroatoms. The van der Waals surface area contributed by atoms with Crippen molar-refractivity contribution in [3.05, 3.63) is 0 Å². The zero-order chi connectivity index (χ0) is 12.7. The monoisotopic (exact) mass is 235 g/mol. The molecule has 16 heavy (non-hydrogen) atoms. The minimum absolute atomic E-state index is 0.396. The fraction of sp³-hybridized carbons (Fsp3) is 0.625. The molecule has 0 fully saturated rings. The third-order valence-electron chi connectivity index (χ3n) is 1.74. The third kappa shape index (κ3) is 4.24. The summed E-state index contributed by atoms with van der Waals surface area (Å²) < 4.78 is 0. The number of carboxylic acid groups (broad SMARTS) is 2. The molecular formula is C8H13NO7. The van der Waals surface area contributed by atoms with E-state index in [2.05, 4.69) is 4.84 Å². The van der Waals surface area contributed by atoms with Crippen LogP contribution >= 0.6 is 0 Å². The first-order valence-corrected chi connectivity index (χ1v) is 4.35. The van der Waals surface area contributed by atoms with Gasteiger partial charge in [0.15, 0.2) is 6.04 Å². The molecule has 0 heterocycles. The van der Waals surface area contributed by atoms with E-state index in [4.69, 9.17) is 15.3 Å². The number of amides is 1. The van der Waals surface area contributed by atoms with Crippen LogP contribution in [-0.2, 0) is 19.2 Å². The zero-order valence-electron chi connectivity index (χ0n) is 8.62. The Morgan fingerprint density at radius 2 is 1.81 bits per heavy atom. The minimum Gasteiger partial charge on any atom is -0.481 e. The highest BCUT2D eigenvalue weighted by Crippen LogP contribution is 2.05. The Labute approximate surface area is 91.0 Å². The largest absolute Gasteiger partial charge is 0.481 e. The number of carbonyl (C=O) groups excluding carboxylic acids is 1. The lowest BCUT2D eigenvalue weighted by Gasteiger charge is -2.24. The Morgan fingerprint density at radius 3 is 2.12 bits per heavy atom. The quantitative estimate of drug-likeness (QED) is 0.468. The average Bonchev–Trinajstić information content (AvgIpc) is 2.21. The number of carboxylic acids is 2. The topological polar surface area (TPSA) is 124 Å². The molecule has 0 bridgehead atoms. The van der Waals surface area contributed by atoms with Crippen molar-refractivity contribution in [2.45, 2.75) is 18.9 Å². The molecule has 1 atom stereocenters. The molecular weight excluding hydrogens is 222 g/mol. The number of aliphatic hydroxyl groups is 1. The first-order valence-electron chi connectivity index (χ1n) is 4.35. The van der Waals surface area contributed by atoms with E-state index in [0.717, 1.165) is 7.11 Å². The van der Waals surface area contributed by atoms with Crippen LogP contribution in [0, 0.1) is 0 Å². The van der Waals surface area contributed by atoms with Crippen molar-refractivity contribution in [3.8, 4) is 0 Å². The van der Waals surface area contributed by atoms with Gasteiger partial charge < -0.3 is 15.3 Å². The van der Waals surface area contributed by atoms with E-state index in [1.54, 1.807) is 0 Å². The fourth-order valence-corrected chi connectivity index (χ4v) is 0.979. The van der Waals surface area contributed by atoms with Gasteiger partial charge in [0.25, 0.3) is 0 Å². The van der Waals surface area contributed by atoms with Gasteiger partial charge in [0.2, 0.25) is 5.91 Å². The van der Waals surface area contributed by atoms with Crippen LogP contribution in [0.25, 0.3) is 0 Å². The number of aliphatic carboxylic acids is 2. The van der Waals surface area contributed by atoms with Gasteiger partial charge in [-0.1, -0.05) is 0 Å². The number of rotatable bonds is 7. The Hall–Kier alpha value is -1.67. The summed E-state index contributed by atoms with van der Waals surface area (Å²) in [4.78, 5) is 36.7. The Kier molecular flexibility index (Phi) is 6.04. The van der Waals surface area contributed by atoms with Crippen LogP contribution in [0.15, 0.2) is 0 Å². The minimum atomic E-state index is -1.54. The van der Waals surface area contributed by atoms with Crippen molar-refractivity contribution >= 4 is 17.8 Å². The molecule has 0 aliphatic heterocycles. The Morgan fingerprint density at radius 1 is 1.25 bits per heavy atom. The zero-order valence-corrected chi connectivity index (χ0v) is 8.62. The molecule has 0 aromatic heterocycles. The first-order chi connectivity index (χ1) is 7.43. The second kappa shape index (κ2) is 6.75. The number of hydrogen-bond donors (Lipinski definition) is 3. The van der Waals surface area contributed by atoms with Gasteiger partial charge in [-0.05, 0) is 0 Å². The van der Waals surface area contributed by atoms with Gasteiger partial charge in [0.1, 0.15) is 0 Å². The molecule has 0 saturated carbocycles. The van der Waals surface area contributed by atoms with Crippen molar-refractivity contribution in [3.63, 3.8) is 0 Å². The van der Waals surface area contributed by atoms with Crippen molar-refractivity contribution in [2.75, 3.05) is 13.7 Å². The molecule has 0 spiro atoms. The Balaban J connectivity index is 4.51. The Bertz CT molecular complexity index is 278. The number of carbonyl (C=O) groups is 3. The fourth-order valence-electron chi connectivity index (χ4n) is 0.979. The molecule has 0 saturated heterocycles. The lowest BCUT2D eigenvalue weighted by Crippen LogP contribution is -2.46. The van der Waals surface area contributed by atoms with Gasteiger partial charge in [-0.15, -0.1) is 0 Å². The maximum Gasteiger partial charge on any atom is 0.331 e. The summed E-state index contributed by atoms with van der Waals surface area (Å²) in [7, 11) is 1.06. The number of hydroxylamine groups is 2. The predicted molar refractivity (Wildman–Crippen MR) is 49.2 cm³/mol. The van der Waals surface area contributed by atoms with Crippen LogP contribution in [0.4, 0.5) is 0 Å². The molecule has 0 rings (SSSR count). The summed E-state index contributed by atoms with van der Waals surface area (Å²) in [5.74, 6) is -3.43. The maximum atomic E-state index is 11.3. The van der Waals surface area contributed by atoms with E-state index >= 15 is 0 Å². The molecule has 8 nitrogen and oxygen atoms in total. The van der Waals surface area contributed by atoms with Crippen LogP contribution in [-0.4, -0.2) is 58.0 Å². The first kappa shape index (κ1) is 14.3. The van der Waals surface area contributed by atoms with Gasteiger partial charge in [-0.2, -0.15) is 0 Å². The van der Waals surface area contributed by atoms with Crippen LogP contribution in [0.5, 0.6) is 0 Å². The molecule has 0 aliphatic rings. The summed E-state index contributed by atoms with van der Waals surface area (Å²) in [6.45, 7) is -0.817. The average molecular weight is 235 g/mol. The van der Waals surface area contributed by atoms with E-state index in [9.17, 15) is 14.4 Å². The normalized spacial score (nSPS) is 11.9. The lowest BCUT2D eigenvalue weighted by atomic mass is 10.2. The standard InChI is InChI=1S/C8H13NO7/c1-16-9(5(4-10)8(14)15)6(11)2-3-7(12)13/h5,10H,2-4H2,1H3,(H,12,13)(H,14,15)/t5-/m0/s1. The highest BCUT2D eigenvalue weighted by Gasteiger charge is 2.29. The summed E-state index contributed by atoms with van der Waals surface area (Å²) in [6.07, 6.45) is -0.830. The molecule has 0 aliphatic carbocycles. The van der Waals surface area contributed by atoms with E-state index in [1.165, 1.54) is 0 Å². The lowest BCUT2D eigenvalue weighted by molar-refractivity contribution is -0.200. The third-order valence-corrected chi connectivity index (χ3v) is 1.74. The van der Waals surface area contributed by atoms with Crippen LogP contribution in [0.3, 0.4) is 0 Å². The SMILES string of the molecule is CON(C(=O)CCC(=O)O)[C@@H](CO)C(=O)O. The molecule has 3 N–H and O–H groups in total. The van der Waals surface area contributed by atoms with Gasteiger partial charge in [0.05, 0.1) is 20.1 Å². The van der Waals surface area contributed by atoms with Crippen molar-refractivity contribution in [1.82, 2.24) is 5.06 Å². The molecule has 92 valence electrons. The van der Waals surface area contributed by atoms with Crippen molar-refractivity contribution < 1.29 is 34.5 Å². The van der Waals surface area contributed by atoms with E-state index in [0.29, 0.717) is 5.06 Å². The summed E-state index contributed by atoms with van der Waals surface area (Å²) >= 11 is 0. The summed E-state index contributed by atoms with van der Waals surface area (Å²) in [6, 6.07) is -1.54. The number of nitrogens with zero attached hydrogens (tertiary/aromatic N) is 1. The van der Waals surface area contributed by atoms with Crippen LogP contribution in [0.1, 0.15) is 12.8 Å². The van der Waals surface area contributed by atoms with Gasteiger partial charge in [0, 0.05) is 6.42 Å².